The number of imidazole rings is 1. The molecule has 0 spiro atoms. The number of nitrogens with zero attached hydrogens (tertiary/aromatic N) is 1. The molecule has 0 aliphatic heterocycles. The van der Waals surface area contributed by atoms with Crippen LogP contribution in [-0.2, 0) is 11.7 Å². The average molecular weight is 295 g/mol. The third kappa shape index (κ3) is 2.68. The van der Waals surface area contributed by atoms with Gasteiger partial charge in [-0.3, -0.25) is 0 Å². The summed E-state index contributed by atoms with van der Waals surface area (Å²) in [5.74, 6) is 0.717. The van der Waals surface area contributed by atoms with E-state index < -0.39 is 17.3 Å². The Morgan fingerprint density at radius 3 is 2.29 bits per heavy atom. The number of nitrogens with two attached hydrogens (primary N) is 1. The van der Waals surface area contributed by atoms with Crippen molar-refractivity contribution in [2.75, 3.05) is 0 Å². The van der Waals surface area contributed by atoms with Crippen LogP contribution < -0.4 is 5.73 Å². The van der Waals surface area contributed by atoms with Crippen LogP contribution in [0.4, 0.5) is 13.2 Å². The molecule has 21 heavy (non-hydrogen) atoms. The number of halogens is 3. The monoisotopic (exact) mass is 295 g/mol. The second kappa shape index (κ2) is 4.87. The lowest BCUT2D eigenvalue weighted by molar-refractivity contribution is -0.137. The van der Waals surface area contributed by atoms with Crippen molar-refractivity contribution in [2.45, 2.75) is 37.4 Å². The summed E-state index contributed by atoms with van der Waals surface area (Å²) >= 11 is 0. The molecule has 2 aromatic rings. The van der Waals surface area contributed by atoms with Crippen LogP contribution in [0.2, 0.25) is 0 Å². The average Bonchev–Trinajstić information content (AvgIpc) is 3.07. The van der Waals surface area contributed by atoms with Gasteiger partial charge >= 0.3 is 6.18 Å². The van der Waals surface area contributed by atoms with E-state index >= 15 is 0 Å². The van der Waals surface area contributed by atoms with E-state index in [1.54, 1.807) is 6.20 Å². The Labute approximate surface area is 120 Å². The van der Waals surface area contributed by atoms with Crippen molar-refractivity contribution in [1.29, 1.82) is 0 Å². The maximum Gasteiger partial charge on any atom is 0.416 e. The van der Waals surface area contributed by atoms with Gasteiger partial charge in [0.1, 0.15) is 5.82 Å². The van der Waals surface area contributed by atoms with E-state index in [1.807, 2.05) is 0 Å². The molecule has 1 heterocycles. The fourth-order valence-corrected chi connectivity index (χ4v) is 2.80. The molecule has 3 N–H and O–H groups in total. The highest BCUT2D eigenvalue weighted by atomic mass is 19.4. The van der Waals surface area contributed by atoms with Crippen molar-refractivity contribution in [3.8, 4) is 11.3 Å². The molecular weight excluding hydrogens is 279 g/mol. The molecule has 1 saturated carbocycles. The number of hydrogen-bond acceptors (Lipinski definition) is 2. The lowest BCUT2D eigenvalue weighted by Gasteiger charge is -2.20. The van der Waals surface area contributed by atoms with Crippen molar-refractivity contribution in [3.05, 3.63) is 41.9 Å². The zero-order chi connectivity index (χ0) is 15.1. The molecule has 6 heteroatoms. The number of H-pyrrole nitrogens is 1. The second-order valence-electron chi connectivity index (χ2n) is 5.58. The van der Waals surface area contributed by atoms with Gasteiger partial charge in [-0.15, -0.1) is 0 Å². The van der Waals surface area contributed by atoms with E-state index in [-0.39, 0.29) is 0 Å². The van der Waals surface area contributed by atoms with E-state index in [1.165, 1.54) is 12.1 Å². The topological polar surface area (TPSA) is 54.7 Å². The molecule has 0 unspecified atom stereocenters. The van der Waals surface area contributed by atoms with Gasteiger partial charge in [0.15, 0.2) is 0 Å². The van der Waals surface area contributed by atoms with E-state index in [4.69, 9.17) is 5.73 Å². The van der Waals surface area contributed by atoms with Crippen LogP contribution in [0, 0.1) is 0 Å². The fraction of sp³-hybridized carbons (Fsp3) is 0.400. The van der Waals surface area contributed by atoms with Gasteiger partial charge in [-0.25, -0.2) is 4.98 Å². The number of nitrogens with one attached hydrogen (secondary N) is 1. The lowest BCUT2D eigenvalue weighted by Crippen LogP contribution is -2.34. The molecule has 1 aromatic carbocycles. The van der Waals surface area contributed by atoms with Crippen LogP contribution in [-0.4, -0.2) is 9.97 Å². The molecule has 3 nitrogen and oxygen atoms in total. The highest BCUT2D eigenvalue weighted by Crippen LogP contribution is 2.36. The van der Waals surface area contributed by atoms with E-state index in [9.17, 15) is 13.2 Å². The van der Waals surface area contributed by atoms with Gasteiger partial charge in [-0.2, -0.15) is 13.2 Å². The summed E-state index contributed by atoms with van der Waals surface area (Å²) in [7, 11) is 0. The summed E-state index contributed by atoms with van der Waals surface area (Å²) in [6, 6.07) is 5.03. The van der Waals surface area contributed by atoms with Crippen LogP contribution in [0.15, 0.2) is 30.5 Å². The fourth-order valence-electron chi connectivity index (χ4n) is 2.80. The number of aromatic amines is 1. The predicted molar refractivity (Wildman–Crippen MR) is 73.4 cm³/mol. The minimum absolute atomic E-state index is 0.426. The summed E-state index contributed by atoms with van der Waals surface area (Å²) < 4.78 is 37.6. The normalized spacial score (nSPS) is 18.1. The van der Waals surface area contributed by atoms with Gasteiger partial charge in [-0.05, 0) is 30.5 Å². The van der Waals surface area contributed by atoms with Crippen LogP contribution in [0.3, 0.4) is 0 Å². The standard InChI is InChI=1S/C15H16F3N3/c16-15(17,18)11-5-3-10(4-6-11)12-9-20-13(21-12)14(19)7-1-2-8-14/h3-6,9H,1-2,7-8,19H2,(H,20,21). The molecular formula is C15H16F3N3. The zero-order valence-corrected chi connectivity index (χ0v) is 11.4. The second-order valence-corrected chi connectivity index (χ2v) is 5.58. The maximum atomic E-state index is 12.5. The molecule has 1 aromatic heterocycles. The number of aromatic nitrogens is 2. The van der Waals surface area contributed by atoms with Crippen molar-refractivity contribution in [2.24, 2.45) is 5.73 Å². The Hall–Kier alpha value is -1.82. The highest BCUT2D eigenvalue weighted by Gasteiger charge is 2.34. The van der Waals surface area contributed by atoms with Crippen LogP contribution in [0.1, 0.15) is 37.1 Å². The van der Waals surface area contributed by atoms with E-state index in [2.05, 4.69) is 9.97 Å². The molecule has 0 amide bonds. The summed E-state index contributed by atoms with van der Waals surface area (Å²) in [6.45, 7) is 0. The number of rotatable bonds is 2. The molecule has 0 bridgehead atoms. The molecule has 0 saturated heterocycles. The van der Waals surface area contributed by atoms with Gasteiger partial charge in [0.2, 0.25) is 0 Å². The molecule has 112 valence electrons. The smallest absolute Gasteiger partial charge is 0.340 e. The minimum atomic E-state index is -4.32. The maximum absolute atomic E-state index is 12.5. The first-order valence-corrected chi connectivity index (χ1v) is 6.90. The predicted octanol–water partition coefficient (Wildman–Crippen LogP) is 3.82. The zero-order valence-electron chi connectivity index (χ0n) is 11.4. The number of alkyl halides is 3. The Morgan fingerprint density at radius 1 is 1.10 bits per heavy atom. The first-order chi connectivity index (χ1) is 9.88. The van der Waals surface area contributed by atoms with Gasteiger partial charge in [-0.1, -0.05) is 25.0 Å². The van der Waals surface area contributed by atoms with Gasteiger partial charge in [0.05, 0.1) is 23.0 Å². The van der Waals surface area contributed by atoms with Gasteiger partial charge in [0.25, 0.3) is 0 Å². The van der Waals surface area contributed by atoms with Crippen LogP contribution >= 0.6 is 0 Å². The first-order valence-electron chi connectivity index (χ1n) is 6.90. The van der Waals surface area contributed by atoms with Crippen LogP contribution in [0.5, 0.6) is 0 Å². The van der Waals surface area contributed by atoms with Crippen molar-refractivity contribution >= 4 is 0 Å². The Kier molecular flexibility index (Phi) is 3.28. The third-order valence-electron chi connectivity index (χ3n) is 4.07. The lowest BCUT2D eigenvalue weighted by atomic mass is 9.98. The summed E-state index contributed by atoms with van der Waals surface area (Å²) in [5.41, 5.74) is 6.59. The molecule has 0 atom stereocenters. The SMILES string of the molecule is NC1(c2ncc(-c3ccc(C(F)(F)F)cc3)[nH]2)CCCC1. The summed E-state index contributed by atoms with van der Waals surface area (Å²) in [4.78, 5) is 7.47. The molecule has 1 fully saturated rings. The Balaban J connectivity index is 1.86. The van der Waals surface area contributed by atoms with E-state index in [0.29, 0.717) is 11.3 Å². The largest absolute Gasteiger partial charge is 0.416 e. The minimum Gasteiger partial charge on any atom is -0.340 e. The molecule has 1 aliphatic rings. The molecule has 3 rings (SSSR count). The Bertz CT molecular complexity index is 622. The van der Waals surface area contributed by atoms with Crippen LogP contribution in [0.25, 0.3) is 11.3 Å². The summed E-state index contributed by atoms with van der Waals surface area (Å²) in [6.07, 6.45) is 1.23. The van der Waals surface area contributed by atoms with Gasteiger partial charge < -0.3 is 10.7 Å². The highest BCUT2D eigenvalue weighted by molar-refractivity contribution is 5.59. The van der Waals surface area contributed by atoms with Crippen molar-refractivity contribution < 1.29 is 13.2 Å². The number of hydrogen-bond donors (Lipinski definition) is 2. The van der Waals surface area contributed by atoms with Crippen molar-refractivity contribution in [1.82, 2.24) is 9.97 Å². The summed E-state index contributed by atoms with van der Waals surface area (Å²) in [5, 5.41) is 0. The third-order valence-corrected chi connectivity index (χ3v) is 4.07. The van der Waals surface area contributed by atoms with E-state index in [0.717, 1.165) is 43.6 Å². The molecule has 1 aliphatic carbocycles. The van der Waals surface area contributed by atoms with Gasteiger partial charge in [0, 0.05) is 0 Å². The first kappa shape index (κ1) is 14.1. The number of benzene rings is 1. The molecule has 0 radical (unpaired) electrons. The van der Waals surface area contributed by atoms with Crippen molar-refractivity contribution in [3.63, 3.8) is 0 Å². The Morgan fingerprint density at radius 2 is 1.71 bits per heavy atom. The quantitative estimate of drug-likeness (QED) is 0.885.